The number of hydrogen-bond acceptors (Lipinski definition) is 3. The lowest BCUT2D eigenvalue weighted by Gasteiger charge is -2.09. The molecular weight excluding hydrogens is 436 g/mol. The first-order chi connectivity index (χ1) is 12.5. The van der Waals surface area contributed by atoms with Crippen LogP contribution in [-0.2, 0) is 6.54 Å². The van der Waals surface area contributed by atoms with E-state index < -0.39 is 0 Å². The van der Waals surface area contributed by atoms with Crippen LogP contribution in [0.1, 0.15) is 5.56 Å². The van der Waals surface area contributed by atoms with E-state index in [-0.39, 0.29) is 0 Å². The van der Waals surface area contributed by atoms with Crippen molar-refractivity contribution in [3.8, 4) is 5.75 Å². The molecule has 0 spiro atoms. The Morgan fingerprint density at radius 3 is 2.62 bits per heavy atom. The molecule has 8 heteroatoms. The van der Waals surface area contributed by atoms with Crippen LogP contribution in [0.5, 0.6) is 5.75 Å². The van der Waals surface area contributed by atoms with Crippen LogP contribution in [0.4, 0.5) is 11.5 Å². The Hall–Kier alpha value is -2.09. The lowest BCUT2D eigenvalue weighted by Crippen LogP contribution is -2.19. The maximum atomic E-state index is 6.21. The Labute approximate surface area is 170 Å². The molecule has 1 aromatic heterocycles. The van der Waals surface area contributed by atoms with Gasteiger partial charge in [0.05, 0.1) is 18.1 Å². The summed E-state index contributed by atoms with van der Waals surface area (Å²) in [7, 11) is 1.63. The third kappa shape index (κ3) is 4.75. The Morgan fingerprint density at radius 2 is 1.92 bits per heavy atom. The summed E-state index contributed by atoms with van der Waals surface area (Å²) in [5.74, 6) is 1.42. The summed E-state index contributed by atoms with van der Waals surface area (Å²) >= 11 is 15.1. The molecule has 3 rings (SSSR count). The van der Waals surface area contributed by atoms with E-state index in [0.717, 1.165) is 21.5 Å². The molecule has 0 saturated heterocycles. The number of methoxy groups -OCH3 is 1. The Kier molecular flexibility index (Phi) is 6.13. The number of halogens is 2. The number of rotatable bonds is 5. The van der Waals surface area contributed by atoms with Crippen molar-refractivity contribution in [1.82, 2.24) is 9.78 Å². The molecule has 0 aliphatic carbocycles. The van der Waals surface area contributed by atoms with Gasteiger partial charge in [-0.1, -0.05) is 29.8 Å². The van der Waals surface area contributed by atoms with Gasteiger partial charge in [0.15, 0.2) is 10.9 Å². The van der Waals surface area contributed by atoms with Crippen molar-refractivity contribution in [3.05, 3.63) is 69.8 Å². The van der Waals surface area contributed by atoms with Gasteiger partial charge in [-0.25, -0.2) is 0 Å². The molecule has 134 valence electrons. The summed E-state index contributed by atoms with van der Waals surface area (Å²) in [4.78, 5) is 0. The predicted octanol–water partition coefficient (Wildman–Crippen LogP) is 5.16. The lowest BCUT2D eigenvalue weighted by molar-refractivity contribution is 0.415. The summed E-state index contributed by atoms with van der Waals surface area (Å²) in [5.41, 5.74) is 1.85. The number of aromatic nitrogens is 2. The molecule has 2 N–H and O–H groups in total. The van der Waals surface area contributed by atoms with Gasteiger partial charge < -0.3 is 15.4 Å². The Morgan fingerprint density at radius 1 is 1.19 bits per heavy atom. The third-order valence-corrected chi connectivity index (χ3v) is 4.74. The standard InChI is InChI=1S/C18H16BrClN4OS/c1-25-14-8-6-13(7-9-14)21-18(26)22-17-15(19)11-24(23-17)10-12-4-2-3-5-16(12)20/h2-9,11H,10H2,1H3,(H2,21,22,23,26). The number of anilines is 2. The highest BCUT2D eigenvalue weighted by atomic mass is 79.9. The largest absolute Gasteiger partial charge is 0.497 e. The van der Waals surface area contributed by atoms with Gasteiger partial charge in [0.1, 0.15) is 5.75 Å². The molecule has 5 nitrogen and oxygen atoms in total. The number of thiocarbonyl (C=S) groups is 1. The molecule has 26 heavy (non-hydrogen) atoms. The van der Waals surface area contributed by atoms with Crippen molar-refractivity contribution >= 4 is 56.4 Å². The minimum absolute atomic E-state index is 0.443. The smallest absolute Gasteiger partial charge is 0.176 e. The molecular formula is C18H16BrClN4OS. The number of benzene rings is 2. The van der Waals surface area contributed by atoms with Crippen LogP contribution in [0, 0.1) is 0 Å². The molecule has 2 aromatic carbocycles. The predicted molar refractivity (Wildman–Crippen MR) is 113 cm³/mol. The fourth-order valence-electron chi connectivity index (χ4n) is 2.31. The van der Waals surface area contributed by atoms with Crippen molar-refractivity contribution in [2.45, 2.75) is 6.54 Å². The Balaban J connectivity index is 1.65. The van der Waals surface area contributed by atoms with E-state index in [4.69, 9.17) is 28.6 Å². The normalized spacial score (nSPS) is 10.4. The van der Waals surface area contributed by atoms with Crippen LogP contribution in [-0.4, -0.2) is 22.0 Å². The van der Waals surface area contributed by atoms with Crippen LogP contribution >= 0.6 is 39.7 Å². The molecule has 1 heterocycles. The molecule has 0 atom stereocenters. The highest BCUT2D eigenvalue weighted by molar-refractivity contribution is 9.10. The van der Waals surface area contributed by atoms with Gasteiger partial charge in [0.2, 0.25) is 0 Å². The van der Waals surface area contributed by atoms with Crippen LogP contribution in [0.3, 0.4) is 0 Å². The van der Waals surface area contributed by atoms with Gasteiger partial charge in [0.25, 0.3) is 0 Å². The molecule has 0 radical (unpaired) electrons. The van der Waals surface area contributed by atoms with Gasteiger partial charge in [-0.05, 0) is 64.0 Å². The SMILES string of the molecule is COc1ccc(NC(=S)Nc2nn(Cc3ccccc3Cl)cc2Br)cc1. The second kappa shape index (κ2) is 8.53. The molecule has 0 fully saturated rings. The van der Waals surface area contributed by atoms with Gasteiger partial charge in [-0.3, -0.25) is 4.68 Å². The average molecular weight is 452 g/mol. The zero-order chi connectivity index (χ0) is 18.5. The molecule has 0 saturated carbocycles. The second-order valence-corrected chi connectivity index (χ2v) is 7.09. The molecule has 0 amide bonds. The summed E-state index contributed by atoms with van der Waals surface area (Å²) in [5, 5.41) is 11.9. The molecule has 0 aliphatic rings. The van der Waals surface area contributed by atoms with Crippen LogP contribution in [0.25, 0.3) is 0 Å². The molecule has 0 aliphatic heterocycles. The highest BCUT2D eigenvalue weighted by Crippen LogP contribution is 2.23. The van der Waals surface area contributed by atoms with Crippen molar-refractivity contribution in [2.24, 2.45) is 0 Å². The highest BCUT2D eigenvalue weighted by Gasteiger charge is 2.10. The first-order valence-corrected chi connectivity index (χ1v) is 9.31. The van der Waals surface area contributed by atoms with E-state index in [1.807, 2.05) is 54.7 Å². The number of nitrogens with one attached hydrogen (secondary N) is 2. The van der Waals surface area contributed by atoms with E-state index in [1.165, 1.54) is 0 Å². The molecule has 0 unspecified atom stereocenters. The maximum Gasteiger partial charge on any atom is 0.176 e. The average Bonchev–Trinajstić information content (AvgIpc) is 2.96. The third-order valence-electron chi connectivity index (χ3n) is 3.59. The minimum Gasteiger partial charge on any atom is -0.497 e. The number of ether oxygens (including phenoxy) is 1. The second-order valence-electron chi connectivity index (χ2n) is 5.42. The van der Waals surface area contributed by atoms with Crippen LogP contribution in [0.2, 0.25) is 5.02 Å². The van der Waals surface area contributed by atoms with Crippen molar-refractivity contribution in [3.63, 3.8) is 0 Å². The van der Waals surface area contributed by atoms with E-state index in [0.29, 0.717) is 22.5 Å². The summed E-state index contributed by atoms with van der Waals surface area (Å²) in [6.07, 6.45) is 1.88. The van der Waals surface area contributed by atoms with Crippen molar-refractivity contribution in [1.29, 1.82) is 0 Å². The zero-order valence-corrected chi connectivity index (χ0v) is 17.0. The fourth-order valence-corrected chi connectivity index (χ4v) is 3.13. The minimum atomic E-state index is 0.443. The summed E-state index contributed by atoms with van der Waals surface area (Å²) in [6.45, 7) is 0.568. The molecule has 3 aromatic rings. The van der Waals surface area contributed by atoms with E-state index in [9.17, 15) is 0 Å². The summed E-state index contributed by atoms with van der Waals surface area (Å²) in [6, 6.07) is 15.2. The molecule has 0 bridgehead atoms. The fraction of sp³-hybridized carbons (Fsp3) is 0.111. The van der Waals surface area contributed by atoms with Crippen molar-refractivity contribution in [2.75, 3.05) is 17.7 Å². The first kappa shape index (κ1) is 18.7. The first-order valence-electron chi connectivity index (χ1n) is 7.73. The Bertz CT molecular complexity index is 914. The number of hydrogen-bond donors (Lipinski definition) is 2. The topological polar surface area (TPSA) is 51.1 Å². The number of nitrogens with zero attached hydrogens (tertiary/aromatic N) is 2. The quantitative estimate of drug-likeness (QED) is 0.524. The maximum absolute atomic E-state index is 6.21. The van der Waals surface area contributed by atoms with Gasteiger partial charge in [0, 0.05) is 16.9 Å². The van der Waals surface area contributed by atoms with E-state index in [2.05, 4.69) is 31.7 Å². The van der Waals surface area contributed by atoms with E-state index >= 15 is 0 Å². The van der Waals surface area contributed by atoms with Gasteiger partial charge in [-0.2, -0.15) is 5.10 Å². The van der Waals surface area contributed by atoms with E-state index in [1.54, 1.807) is 11.8 Å². The monoisotopic (exact) mass is 450 g/mol. The van der Waals surface area contributed by atoms with Crippen LogP contribution in [0.15, 0.2) is 59.2 Å². The summed E-state index contributed by atoms with van der Waals surface area (Å²) < 4.78 is 7.74. The van der Waals surface area contributed by atoms with Crippen molar-refractivity contribution < 1.29 is 4.74 Å². The van der Waals surface area contributed by atoms with Gasteiger partial charge >= 0.3 is 0 Å². The lowest BCUT2D eigenvalue weighted by atomic mass is 10.2. The van der Waals surface area contributed by atoms with Gasteiger partial charge in [-0.15, -0.1) is 0 Å². The van der Waals surface area contributed by atoms with Crippen LogP contribution < -0.4 is 15.4 Å². The zero-order valence-electron chi connectivity index (χ0n) is 13.9.